The number of benzene rings is 1. The molecule has 1 aromatic rings. The molecule has 1 rings (SSSR count). The summed E-state index contributed by atoms with van der Waals surface area (Å²) in [7, 11) is -3.49. The van der Waals surface area contributed by atoms with E-state index in [0.29, 0.717) is 29.1 Å². The third kappa shape index (κ3) is 3.55. The molecule has 0 aliphatic carbocycles. The molecular formula is C14H23NO3S. The topological polar surface area (TPSA) is 57.6 Å². The van der Waals surface area contributed by atoms with Gasteiger partial charge >= 0.3 is 0 Å². The lowest BCUT2D eigenvalue weighted by Gasteiger charge is -2.23. The first-order valence-corrected chi connectivity index (χ1v) is 7.98. The Kier molecular flexibility index (Phi) is 5.52. The molecule has 0 atom stereocenters. The fraction of sp³-hybridized carbons (Fsp3) is 0.571. The van der Waals surface area contributed by atoms with Crippen molar-refractivity contribution in [1.82, 2.24) is 4.31 Å². The summed E-state index contributed by atoms with van der Waals surface area (Å²) in [5.74, 6) is 0.274. The fourth-order valence-electron chi connectivity index (χ4n) is 2.05. The Morgan fingerprint density at radius 2 is 1.95 bits per heavy atom. The monoisotopic (exact) mass is 285 g/mol. The Hall–Kier alpha value is -0.910. The molecule has 0 heterocycles. The Morgan fingerprint density at radius 3 is 2.42 bits per heavy atom. The molecular weight excluding hydrogens is 262 g/mol. The van der Waals surface area contributed by atoms with Gasteiger partial charge in [0.25, 0.3) is 0 Å². The van der Waals surface area contributed by atoms with E-state index in [1.807, 2.05) is 20.8 Å². The van der Waals surface area contributed by atoms with Gasteiger partial charge in [-0.1, -0.05) is 32.9 Å². The molecule has 1 N–H and O–H groups in total. The number of hydrogen-bond acceptors (Lipinski definition) is 3. The van der Waals surface area contributed by atoms with E-state index in [-0.39, 0.29) is 12.5 Å². The van der Waals surface area contributed by atoms with Gasteiger partial charge in [-0.15, -0.1) is 0 Å². The van der Waals surface area contributed by atoms with Crippen LogP contribution in [0.1, 0.15) is 31.9 Å². The highest BCUT2D eigenvalue weighted by Gasteiger charge is 2.25. The maximum atomic E-state index is 12.6. The molecule has 0 saturated heterocycles. The SMILES string of the molecule is CCN(CC(C)C)S(=O)(=O)c1cccc(CO)c1C. The molecule has 19 heavy (non-hydrogen) atoms. The van der Waals surface area contributed by atoms with Crippen molar-refractivity contribution in [3.63, 3.8) is 0 Å². The summed E-state index contributed by atoms with van der Waals surface area (Å²) in [5.41, 5.74) is 1.29. The molecule has 0 aliphatic heterocycles. The molecule has 0 unspecified atom stereocenters. The zero-order valence-corrected chi connectivity index (χ0v) is 12.9. The summed E-state index contributed by atoms with van der Waals surface area (Å²) in [6.07, 6.45) is 0. The fourth-order valence-corrected chi connectivity index (χ4v) is 3.94. The number of aliphatic hydroxyl groups excluding tert-OH is 1. The summed E-state index contributed by atoms with van der Waals surface area (Å²) in [6, 6.07) is 5.02. The van der Waals surface area contributed by atoms with E-state index in [9.17, 15) is 13.5 Å². The second-order valence-electron chi connectivity index (χ2n) is 5.05. The van der Waals surface area contributed by atoms with Crippen LogP contribution in [0.4, 0.5) is 0 Å². The molecule has 0 saturated carbocycles. The van der Waals surface area contributed by atoms with Crippen LogP contribution in [0.2, 0.25) is 0 Å². The maximum absolute atomic E-state index is 12.6. The van der Waals surface area contributed by atoms with E-state index >= 15 is 0 Å². The lowest BCUT2D eigenvalue weighted by Crippen LogP contribution is -2.34. The Bertz CT molecular complexity index is 523. The van der Waals surface area contributed by atoms with Crippen molar-refractivity contribution in [2.45, 2.75) is 39.2 Å². The van der Waals surface area contributed by atoms with Gasteiger partial charge < -0.3 is 5.11 Å². The minimum Gasteiger partial charge on any atom is -0.392 e. The van der Waals surface area contributed by atoms with Gasteiger partial charge in [-0.3, -0.25) is 0 Å². The van der Waals surface area contributed by atoms with Crippen LogP contribution in [-0.2, 0) is 16.6 Å². The highest BCUT2D eigenvalue weighted by atomic mass is 32.2. The summed E-state index contributed by atoms with van der Waals surface area (Å²) in [4.78, 5) is 0.293. The van der Waals surface area contributed by atoms with Crippen molar-refractivity contribution in [2.24, 2.45) is 5.92 Å². The average molecular weight is 285 g/mol. The van der Waals surface area contributed by atoms with E-state index in [4.69, 9.17) is 0 Å². The molecule has 0 spiro atoms. The number of aliphatic hydroxyl groups is 1. The van der Waals surface area contributed by atoms with Gasteiger partial charge in [0.2, 0.25) is 10.0 Å². The zero-order valence-electron chi connectivity index (χ0n) is 12.0. The quantitative estimate of drug-likeness (QED) is 0.871. The second-order valence-corrected chi connectivity index (χ2v) is 6.95. The zero-order chi connectivity index (χ0) is 14.6. The van der Waals surface area contributed by atoms with E-state index in [1.54, 1.807) is 25.1 Å². The summed E-state index contributed by atoms with van der Waals surface area (Å²) < 4.78 is 26.8. The van der Waals surface area contributed by atoms with Crippen LogP contribution in [0.3, 0.4) is 0 Å². The highest BCUT2D eigenvalue weighted by molar-refractivity contribution is 7.89. The molecule has 0 bridgehead atoms. The van der Waals surface area contributed by atoms with E-state index < -0.39 is 10.0 Å². The Balaban J connectivity index is 3.26. The third-order valence-corrected chi connectivity index (χ3v) is 5.19. The standard InChI is InChI=1S/C14H23NO3S/c1-5-15(9-11(2)3)19(17,18)14-8-6-7-13(10-16)12(14)4/h6-8,11,16H,5,9-10H2,1-4H3. The molecule has 0 fully saturated rings. The van der Waals surface area contributed by atoms with Crippen LogP contribution in [-0.4, -0.2) is 30.9 Å². The minimum absolute atomic E-state index is 0.147. The maximum Gasteiger partial charge on any atom is 0.243 e. The smallest absolute Gasteiger partial charge is 0.243 e. The van der Waals surface area contributed by atoms with Gasteiger partial charge in [-0.05, 0) is 30.0 Å². The van der Waals surface area contributed by atoms with Crippen molar-refractivity contribution in [3.05, 3.63) is 29.3 Å². The molecule has 0 aliphatic rings. The van der Waals surface area contributed by atoms with Gasteiger partial charge in [0, 0.05) is 13.1 Å². The first-order chi connectivity index (χ1) is 8.84. The van der Waals surface area contributed by atoms with Crippen molar-refractivity contribution in [2.75, 3.05) is 13.1 Å². The van der Waals surface area contributed by atoms with Crippen LogP contribution in [0.5, 0.6) is 0 Å². The van der Waals surface area contributed by atoms with E-state index in [2.05, 4.69) is 0 Å². The first-order valence-electron chi connectivity index (χ1n) is 6.54. The highest BCUT2D eigenvalue weighted by Crippen LogP contribution is 2.23. The third-order valence-electron chi connectivity index (χ3n) is 3.11. The van der Waals surface area contributed by atoms with Gasteiger partial charge in [-0.25, -0.2) is 8.42 Å². The Labute approximate surface area is 116 Å². The molecule has 1 aromatic carbocycles. The average Bonchev–Trinajstić information content (AvgIpc) is 2.35. The van der Waals surface area contributed by atoms with Crippen LogP contribution in [0.15, 0.2) is 23.1 Å². The molecule has 4 nitrogen and oxygen atoms in total. The Morgan fingerprint density at radius 1 is 1.32 bits per heavy atom. The second kappa shape index (κ2) is 6.50. The number of hydrogen-bond donors (Lipinski definition) is 1. The molecule has 108 valence electrons. The normalized spacial score (nSPS) is 12.4. The van der Waals surface area contributed by atoms with Crippen molar-refractivity contribution in [3.8, 4) is 0 Å². The van der Waals surface area contributed by atoms with Crippen LogP contribution < -0.4 is 0 Å². The predicted molar refractivity (Wildman–Crippen MR) is 76.4 cm³/mol. The molecule has 5 heteroatoms. The minimum atomic E-state index is -3.49. The molecule has 0 amide bonds. The van der Waals surface area contributed by atoms with Gasteiger partial charge in [0.1, 0.15) is 0 Å². The lowest BCUT2D eigenvalue weighted by molar-refractivity contribution is 0.280. The number of sulfonamides is 1. The number of nitrogens with zero attached hydrogens (tertiary/aromatic N) is 1. The summed E-state index contributed by atoms with van der Waals surface area (Å²) in [5, 5.41) is 9.24. The van der Waals surface area contributed by atoms with E-state index in [1.165, 1.54) is 4.31 Å². The van der Waals surface area contributed by atoms with Crippen LogP contribution in [0.25, 0.3) is 0 Å². The number of rotatable bonds is 6. The molecule has 0 aromatic heterocycles. The molecule has 0 radical (unpaired) electrons. The van der Waals surface area contributed by atoms with Crippen molar-refractivity contribution >= 4 is 10.0 Å². The van der Waals surface area contributed by atoms with Crippen molar-refractivity contribution in [1.29, 1.82) is 0 Å². The predicted octanol–water partition coefficient (Wildman–Crippen LogP) is 2.15. The summed E-state index contributed by atoms with van der Waals surface area (Å²) >= 11 is 0. The largest absolute Gasteiger partial charge is 0.392 e. The lowest BCUT2D eigenvalue weighted by atomic mass is 10.1. The van der Waals surface area contributed by atoms with Crippen molar-refractivity contribution < 1.29 is 13.5 Å². The van der Waals surface area contributed by atoms with Gasteiger partial charge in [0.05, 0.1) is 11.5 Å². The first kappa shape index (κ1) is 16.1. The van der Waals surface area contributed by atoms with Crippen LogP contribution >= 0.6 is 0 Å². The van der Waals surface area contributed by atoms with E-state index in [0.717, 1.165) is 0 Å². The van der Waals surface area contributed by atoms with Crippen LogP contribution in [0, 0.1) is 12.8 Å². The summed E-state index contributed by atoms with van der Waals surface area (Å²) in [6.45, 7) is 8.37. The van der Waals surface area contributed by atoms with Gasteiger partial charge in [0.15, 0.2) is 0 Å². The van der Waals surface area contributed by atoms with Gasteiger partial charge in [-0.2, -0.15) is 4.31 Å².